The molecular formula is C18H18N4O2. The summed E-state index contributed by atoms with van der Waals surface area (Å²) < 4.78 is 0. The van der Waals surface area contributed by atoms with Crippen molar-refractivity contribution in [3.05, 3.63) is 64.3 Å². The Balaban J connectivity index is 1.55. The number of H-pyrrole nitrogens is 2. The Hall–Kier alpha value is -2.89. The molecule has 1 aliphatic heterocycles. The highest BCUT2D eigenvalue weighted by Gasteiger charge is 2.27. The monoisotopic (exact) mass is 322 g/mol. The van der Waals surface area contributed by atoms with Gasteiger partial charge in [-0.25, -0.2) is 4.98 Å². The van der Waals surface area contributed by atoms with E-state index in [0.29, 0.717) is 12.1 Å². The molecule has 1 saturated heterocycles. The third kappa shape index (κ3) is 2.71. The van der Waals surface area contributed by atoms with E-state index < -0.39 is 0 Å². The average Bonchev–Trinajstić information content (AvgIpc) is 3.06. The van der Waals surface area contributed by atoms with Crippen LogP contribution in [0.2, 0.25) is 0 Å². The molecule has 0 spiro atoms. The fourth-order valence-electron chi connectivity index (χ4n) is 3.28. The summed E-state index contributed by atoms with van der Waals surface area (Å²) in [5.41, 5.74) is 2.29. The number of nitrogens with zero attached hydrogens (tertiary/aromatic N) is 2. The van der Waals surface area contributed by atoms with Crippen LogP contribution in [-0.4, -0.2) is 38.8 Å². The smallest absolute Gasteiger partial charge is 0.255 e. The molecule has 0 saturated carbocycles. The number of benzene rings is 1. The van der Waals surface area contributed by atoms with Crippen molar-refractivity contribution in [2.75, 3.05) is 13.1 Å². The van der Waals surface area contributed by atoms with Gasteiger partial charge in [0.25, 0.3) is 5.91 Å². The van der Waals surface area contributed by atoms with Crippen molar-refractivity contribution in [1.29, 1.82) is 0 Å². The lowest BCUT2D eigenvalue weighted by atomic mass is 9.97. The summed E-state index contributed by atoms with van der Waals surface area (Å²) in [6.07, 6.45) is 3.43. The molecule has 1 aliphatic rings. The molecule has 1 atom stereocenters. The highest BCUT2D eigenvalue weighted by Crippen LogP contribution is 2.27. The van der Waals surface area contributed by atoms with Crippen LogP contribution in [0.4, 0.5) is 0 Å². The van der Waals surface area contributed by atoms with Gasteiger partial charge < -0.3 is 14.9 Å². The molecule has 3 heterocycles. The number of aromatic nitrogens is 3. The van der Waals surface area contributed by atoms with Crippen molar-refractivity contribution in [1.82, 2.24) is 19.9 Å². The third-order valence-corrected chi connectivity index (χ3v) is 4.53. The Morgan fingerprint density at radius 3 is 2.88 bits per heavy atom. The fraction of sp³-hybridized carbons (Fsp3) is 0.278. The van der Waals surface area contributed by atoms with Gasteiger partial charge >= 0.3 is 0 Å². The number of rotatable bonds is 2. The number of carbonyl (C=O) groups excluding carboxylic acids is 1. The lowest BCUT2D eigenvalue weighted by Gasteiger charge is -2.31. The number of hydrogen-bond donors (Lipinski definition) is 2. The molecule has 1 aromatic carbocycles. The molecule has 1 fully saturated rings. The molecule has 3 aromatic rings. The van der Waals surface area contributed by atoms with Crippen LogP contribution >= 0.6 is 0 Å². The second-order valence-corrected chi connectivity index (χ2v) is 6.17. The Morgan fingerprint density at radius 1 is 1.21 bits per heavy atom. The minimum absolute atomic E-state index is 0.0490. The predicted molar refractivity (Wildman–Crippen MR) is 91.0 cm³/mol. The van der Waals surface area contributed by atoms with Crippen LogP contribution in [0.3, 0.4) is 0 Å². The number of piperidine rings is 1. The molecule has 1 amide bonds. The van der Waals surface area contributed by atoms with Gasteiger partial charge in [-0.05, 0) is 31.0 Å². The van der Waals surface area contributed by atoms with Crippen molar-refractivity contribution in [3.63, 3.8) is 0 Å². The van der Waals surface area contributed by atoms with E-state index in [1.54, 1.807) is 6.07 Å². The number of fused-ring (bicyclic) bond motifs is 1. The zero-order valence-corrected chi connectivity index (χ0v) is 13.2. The Kier molecular flexibility index (Phi) is 3.65. The van der Waals surface area contributed by atoms with Gasteiger partial charge in [-0.1, -0.05) is 12.1 Å². The van der Waals surface area contributed by atoms with Gasteiger partial charge in [-0.3, -0.25) is 9.59 Å². The zero-order chi connectivity index (χ0) is 16.5. The van der Waals surface area contributed by atoms with Crippen molar-refractivity contribution in [2.45, 2.75) is 18.8 Å². The minimum atomic E-state index is -0.203. The van der Waals surface area contributed by atoms with Gasteiger partial charge in [0.1, 0.15) is 5.82 Å². The third-order valence-electron chi connectivity index (χ3n) is 4.53. The number of hydrogen-bond acceptors (Lipinski definition) is 3. The molecule has 4 rings (SSSR count). The maximum atomic E-state index is 12.6. The second kappa shape index (κ2) is 5.96. The largest absolute Gasteiger partial charge is 0.342 e. The first-order valence-electron chi connectivity index (χ1n) is 8.13. The van der Waals surface area contributed by atoms with Gasteiger partial charge in [-0.15, -0.1) is 0 Å². The highest BCUT2D eigenvalue weighted by molar-refractivity contribution is 5.94. The number of nitrogens with one attached hydrogen (secondary N) is 2. The topological polar surface area (TPSA) is 81.8 Å². The van der Waals surface area contributed by atoms with Crippen molar-refractivity contribution in [3.8, 4) is 0 Å². The van der Waals surface area contributed by atoms with Crippen molar-refractivity contribution < 1.29 is 4.79 Å². The molecular weight excluding hydrogens is 304 g/mol. The standard InChI is InChI=1S/C18H18N4O2/c23-16-8-7-12(10-19-16)18(24)22-9-3-4-13(11-22)17-20-14-5-1-2-6-15(14)21-17/h1-2,5-8,10,13H,3-4,9,11H2,(H,19,23)(H,20,21)/t13-/m0/s1. The van der Waals surface area contributed by atoms with E-state index in [4.69, 9.17) is 0 Å². The van der Waals surface area contributed by atoms with Crippen LogP contribution in [0.25, 0.3) is 11.0 Å². The van der Waals surface area contributed by atoms with Gasteiger partial charge in [0.15, 0.2) is 0 Å². The molecule has 24 heavy (non-hydrogen) atoms. The van der Waals surface area contributed by atoms with Crippen LogP contribution in [0, 0.1) is 0 Å². The summed E-state index contributed by atoms with van der Waals surface area (Å²) in [5.74, 6) is 1.10. The lowest BCUT2D eigenvalue weighted by Crippen LogP contribution is -2.39. The van der Waals surface area contributed by atoms with Crippen LogP contribution in [0.1, 0.15) is 34.9 Å². The number of amides is 1. The van der Waals surface area contributed by atoms with Crippen LogP contribution in [0.5, 0.6) is 0 Å². The summed E-state index contributed by atoms with van der Waals surface area (Å²) in [4.78, 5) is 36.2. The molecule has 0 bridgehead atoms. The van der Waals surface area contributed by atoms with Crippen molar-refractivity contribution >= 4 is 16.9 Å². The number of carbonyl (C=O) groups is 1. The zero-order valence-electron chi connectivity index (χ0n) is 13.2. The van der Waals surface area contributed by atoms with Gasteiger partial charge in [0.05, 0.1) is 16.6 Å². The van der Waals surface area contributed by atoms with Gasteiger partial charge in [-0.2, -0.15) is 0 Å². The molecule has 6 nitrogen and oxygen atoms in total. The lowest BCUT2D eigenvalue weighted by molar-refractivity contribution is 0.0704. The second-order valence-electron chi connectivity index (χ2n) is 6.17. The predicted octanol–water partition coefficient (Wildman–Crippen LogP) is 2.27. The van der Waals surface area contributed by atoms with Gasteiger partial charge in [0.2, 0.25) is 5.56 Å². The average molecular weight is 322 g/mol. The first-order valence-corrected chi connectivity index (χ1v) is 8.13. The van der Waals surface area contributed by atoms with E-state index in [2.05, 4.69) is 15.0 Å². The van der Waals surface area contributed by atoms with E-state index in [-0.39, 0.29) is 17.4 Å². The summed E-state index contributed by atoms with van der Waals surface area (Å²) in [6.45, 7) is 1.37. The molecule has 0 radical (unpaired) electrons. The molecule has 2 N–H and O–H groups in total. The first kappa shape index (κ1) is 14.7. The van der Waals surface area contributed by atoms with Gasteiger partial charge in [0, 0.05) is 31.3 Å². The summed E-state index contributed by atoms with van der Waals surface area (Å²) >= 11 is 0. The van der Waals surface area contributed by atoms with E-state index in [1.807, 2.05) is 29.2 Å². The quantitative estimate of drug-likeness (QED) is 0.759. The number of imidazole rings is 1. The number of pyridine rings is 1. The van der Waals surface area contributed by atoms with Crippen molar-refractivity contribution in [2.24, 2.45) is 0 Å². The summed E-state index contributed by atoms with van der Waals surface area (Å²) in [6, 6.07) is 10.9. The van der Waals surface area contributed by atoms with E-state index in [9.17, 15) is 9.59 Å². The van der Waals surface area contributed by atoms with Crippen LogP contribution < -0.4 is 5.56 Å². The summed E-state index contributed by atoms with van der Waals surface area (Å²) in [7, 11) is 0. The van der Waals surface area contributed by atoms with E-state index in [0.717, 1.165) is 36.2 Å². The number of aromatic amines is 2. The highest BCUT2D eigenvalue weighted by atomic mass is 16.2. The summed E-state index contributed by atoms with van der Waals surface area (Å²) in [5, 5.41) is 0. The number of para-hydroxylation sites is 2. The molecule has 0 aliphatic carbocycles. The van der Waals surface area contributed by atoms with Crippen LogP contribution in [-0.2, 0) is 0 Å². The Labute approximate surface area is 138 Å². The molecule has 122 valence electrons. The SMILES string of the molecule is O=C(c1ccc(=O)[nH]c1)N1CCC[C@H](c2nc3ccccc3[nH]2)C1. The molecule has 0 unspecified atom stereocenters. The fourth-order valence-corrected chi connectivity index (χ4v) is 3.28. The number of likely N-dealkylation sites (tertiary alicyclic amines) is 1. The normalized spacial score (nSPS) is 18.0. The first-order chi connectivity index (χ1) is 11.7. The van der Waals surface area contributed by atoms with E-state index in [1.165, 1.54) is 12.3 Å². The Bertz CT molecular complexity index is 890. The minimum Gasteiger partial charge on any atom is -0.342 e. The Morgan fingerprint density at radius 2 is 2.08 bits per heavy atom. The molecule has 2 aromatic heterocycles. The maximum Gasteiger partial charge on any atom is 0.255 e. The van der Waals surface area contributed by atoms with E-state index >= 15 is 0 Å². The molecule has 6 heteroatoms. The van der Waals surface area contributed by atoms with Crippen LogP contribution in [0.15, 0.2) is 47.4 Å². The maximum absolute atomic E-state index is 12.6.